The van der Waals surface area contributed by atoms with Gasteiger partial charge in [0.05, 0.1) is 7.11 Å². The van der Waals surface area contributed by atoms with Gasteiger partial charge in [0, 0.05) is 30.9 Å². The molecule has 0 saturated carbocycles. The fraction of sp³-hybridized carbons (Fsp3) is 0.381. The van der Waals surface area contributed by atoms with Crippen molar-refractivity contribution < 1.29 is 13.9 Å². The summed E-state index contributed by atoms with van der Waals surface area (Å²) in [6, 6.07) is 13.5. The van der Waals surface area contributed by atoms with Crippen molar-refractivity contribution >= 4 is 11.7 Å². The van der Waals surface area contributed by atoms with Gasteiger partial charge in [-0.2, -0.15) is 0 Å². The van der Waals surface area contributed by atoms with Gasteiger partial charge in [0.1, 0.15) is 11.6 Å². The standard InChI is InChI=1S/C21H25FN3O2/c1-14(15-6-8-16(22)9-7-15)19-10-11-23-13-20(19)25-21(26)24-17-4-3-5-18(12-17)27-2/h3-9,12,14,19-20H,10-11,13H2,1-2H3,(H2,24,25,26). The highest BCUT2D eigenvalue weighted by Crippen LogP contribution is 2.31. The molecule has 27 heavy (non-hydrogen) atoms. The van der Waals surface area contributed by atoms with Gasteiger partial charge < -0.3 is 15.4 Å². The Hall–Kier alpha value is -2.60. The molecule has 0 aliphatic carbocycles. The van der Waals surface area contributed by atoms with Crippen molar-refractivity contribution in [2.45, 2.75) is 25.3 Å². The molecular formula is C21H25FN3O2. The number of hydrogen-bond acceptors (Lipinski definition) is 2. The number of hydrogen-bond donors (Lipinski definition) is 2. The van der Waals surface area contributed by atoms with E-state index in [0.29, 0.717) is 18.0 Å². The fourth-order valence-electron chi connectivity index (χ4n) is 3.61. The summed E-state index contributed by atoms with van der Waals surface area (Å²) in [7, 11) is 1.59. The molecule has 2 aromatic carbocycles. The molecule has 0 bridgehead atoms. The van der Waals surface area contributed by atoms with Crippen LogP contribution >= 0.6 is 0 Å². The Morgan fingerprint density at radius 1 is 1.26 bits per heavy atom. The molecule has 0 spiro atoms. The number of halogens is 1. The van der Waals surface area contributed by atoms with E-state index in [0.717, 1.165) is 18.5 Å². The van der Waals surface area contributed by atoms with Crippen molar-refractivity contribution in [2.24, 2.45) is 5.92 Å². The van der Waals surface area contributed by atoms with E-state index in [9.17, 15) is 9.18 Å². The summed E-state index contributed by atoms with van der Waals surface area (Å²) in [5.74, 6) is 0.882. The van der Waals surface area contributed by atoms with Gasteiger partial charge >= 0.3 is 6.03 Å². The third-order valence-electron chi connectivity index (χ3n) is 5.15. The predicted molar refractivity (Wildman–Crippen MR) is 104 cm³/mol. The third kappa shape index (κ3) is 4.98. The summed E-state index contributed by atoms with van der Waals surface area (Å²) in [5, 5.41) is 10.4. The number of amides is 2. The van der Waals surface area contributed by atoms with E-state index < -0.39 is 0 Å². The van der Waals surface area contributed by atoms with Crippen LogP contribution in [0.4, 0.5) is 14.9 Å². The lowest BCUT2D eigenvalue weighted by Gasteiger charge is -2.36. The van der Waals surface area contributed by atoms with E-state index in [1.54, 1.807) is 13.2 Å². The number of urea groups is 1. The van der Waals surface area contributed by atoms with Crippen molar-refractivity contribution in [3.8, 4) is 5.75 Å². The van der Waals surface area contributed by atoms with E-state index in [1.807, 2.05) is 30.3 Å². The second-order valence-electron chi connectivity index (χ2n) is 6.86. The molecule has 0 aromatic heterocycles. The van der Waals surface area contributed by atoms with Gasteiger partial charge in [-0.05, 0) is 48.1 Å². The van der Waals surface area contributed by atoms with E-state index in [4.69, 9.17) is 4.74 Å². The summed E-state index contributed by atoms with van der Waals surface area (Å²) in [6.07, 6.45) is 0.892. The number of carbonyl (C=O) groups excluding carboxylic acids is 1. The number of rotatable bonds is 5. The second kappa shape index (κ2) is 8.86. The van der Waals surface area contributed by atoms with Crippen molar-refractivity contribution in [1.82, 2.24) is 10.6 Å². The SMILES string of the molecule is COc1cccc(NC(=O)NC2C[N]CCC2C(C)c2ccc(F)cc2)c1. The molecule has 6 heteroatoms. The number of methoxy groups -OCH3 is 1. The minimum atomic E-state index is -0.262. The summed E-state index contributed by atoms with van der Waals surface area (Å²) >= 11 is 0. The monoisotopic (exact) mass is 370 g/mol. The molecule has 1 saturated heterocycles. The van der Waals surface area contributed by atoms with Crippen molar-refractivity contribution in [1.29, 1.82) is 0 Å². The lowest BCUT2D eigenvalue weighted by Crippen LogP contribution is -2.51. The number of nitrogens with one attached hydrogen (secondary N) is 2. The molecule has 1 aliphatic rings. The molecule has 2 aromatic rings. The Morgan fingerprint density at radius 3 is 2.78 bits per heavy atom. The number of piperidine rings is 1. The number of anilines is 1. The van der Waals surface area contributed by atoms with Crippen LogP contribution in [-0.2, 0) is 0 Å². The average molecular weight is 370 g/mol. The molecule has 1 heterocycles. The van der Waals surface area contributed by atoms with Gasteiger partial charge in [-0.1, -0.05) is 25.1 Å². The van der Waals surface area contributed by atoms with Crippen LogP contribution in [0.15, 0.2) is 48.5 Å². The molecule has 3 atom stereocenters. The van der Waals surface area contributed by atoms with Crippen molar-refractivity contribution in [2.75, 3.05) is 25.5 Å². The Kier molecular flexibility index (Phi) is 6.29. The maximum Gasteiger partial charge on any atom is 0.319 e. The zero-order chi connectivity index (χ0) is 19.2. The average Bonchev–Trinajstić information content (AvgIpc) is 2.68. The smallest absolute Gasteiger partial charge is 0.319 e. The fourth-order valence-corrected chi connectivity index (χ4v) is 3.61. The lowest BCUT2D eigenvalue weighted by atomic mass is 9.79. The number of nitrogens with zero attached hydrogens (tertiary/aromatic N) is 1. The van der Waals surface area contributed by atoms with Gasteiger partial charge in [0.2, 0.25) is 0 Å². The Bertz CT molecular complexity index is 766. The molecule has 1 radical (unpaired) electrons. The van der Waals surface area contributed by atoms with Crippen molar-refractivity contribution in [3.63, 3.8) is 0 Å². The van der Waals surface area contributed by atoms with E-state index >= 15 is 0 Å². The van der Waals surface area contributed by atoms with Crippen LogP contribution in [0.5, 0.6) is 5.75 Å². The number of benzene rings is 2. The lowest BCUT2D eigenvalue weighted by molar-refractivity contribution is 0.222. The van der Waals surface area contributed by atoms with Gasteiger partial charge in [0.25, 0.3) is 0 Å². The largest absolute Gasteiger partial charge is 0.497 e. The molecule has 1 aliphatic heterocycles. The molecule has 3 unspecified atom stereocenters. The molecule has 5 nitrogen and oxygen atoms in total. The highest BCUT2D eigenvalue weighted by molar-refractivity contribution is 5.89. The van der Waals surface area contributed by atoms with Crippen LogP contribution in [0, 0.1) is 11.7 Å². The highest BCUT2D eigenvalue weighted by atomic mass is 19.1. The number of ether oxygens (including phenoxy) is 1. The minimum absolute atomic E-state index is 0.0654. The number of carbonyl (C=O) groups is 1. The van der Waals surface area contributed by atoms with Crippen LogP contribution in [-0.4, -0.2) is 32.3 Å². The first-order valence-corrected chi connectivity index (χ1v) is 9.17. The zero-order valence-corrected chi connectivity index (χ0v) is 15.6. The maximum atomic E-state index is 13.2. The van der Waals surface area contributed by atoms with Crippen LogP contribution in [0.25, 0.3) is 0 Å². The molecular weight excluding hydrogens is 345 g/mol. The van der Waals surface area contributed by atoms with Crippen LogP contribution in [0.2, 0.25) is 0 Å². The predicted octanol–water partition coefficient (Wildman–Crippen LogP) is 3.75. The van der Waals surface area contributed by atoms with Gasteiger partial charge in [0.15, 0.2) is 0 Å². The Morgan fingerprint density at radius 2 is 2.04 bits per heavy atom. The van der Waals surface area contributed by atoms with Crippen LogP contribution in [0.3, 0.4) is 0 Å². The van der Waals surface area contributed by atoms with E-state index in [2.05, 4.69) is 22.9 Å². The van der Waals surface area contributed by atoms with Gasteiger partial charge in [-0.15, -0.1) is 0 Å². The summed E-state index contributed by atoms with van der Waals surface area (Å²) in [4.78, 5) is 12.5. The third-order valence-corrected chi connectivity index (χ3v) is 5.15. The summed E-state index contributed by atoms with van der Waals surface area (Å²) < 4.78 is 18.4. The van der Waals surface area contributed by atoms with E-state index in [-0.39, 0.29) is 29.7 Å². The summed E-state index contributed by atoms with van der Waals surface area (Å²) in [6.45, 7) is 3.49. The normalized spacial score (nSPS) is 20.6. The minimum Gasteiger partial charge on any atom is -0.497 e. The van der Waals surface area contributed by atoms with Gasteiger partial charge in [-0.25, -0.2) is 14.5 Å². The first-order chi connectivity index (χ1) is 13.1. The molecule has 143 valence electrons. The summed E-state index contributed by atoms with van der Waals surface area (Å²) in [5.41, 5.74) is 1.74. The maximum absolute atomic E-state index is 13.2. The Balaban J connectivity index is 1.65. The zero-order valence-electron chi connectivity index (χ0n) is 15.6. The first-order valence-electron chi connectivity index (χ1n) is 9.17. The van der Waals surface area contributed by atoms with Crippen molar-refractivity contribution in [3.05, 3.63) is 59.9 Å². The highest BCUT2D eigenvalue weighted by Gasteiger charge is 2.31. The second-order valence-corrected chi connectivity index (χ2v) is 6.86. The van der Waals surface area contributed by atoms with E-state index in [1.165, 1.54) is 12.1 Å². The topological polar surface area (TPSA) is 64.5 Å². The first kappa shape index (κ1) is 19.2. The quantitative estimate of drug-likeness (QED) is 0.842. The van der Waals surface area contributed by atoms with Crippen LogP contribution in [0.1, 0.15) is 24.8 Å². The Labute approximate surface area is 159 Å². The molecule has 2 amide bonds. The molecule has 1 fully saturated rings. The molecule has 2 N–H and O–H groups in total. The van der Waals surface area contributed by atoms with Crippen LogP contribution < -0.4 is 20.7 Å². The molecule has 3 rings (SSSR count). The van der Waals surface area contributed by atoms with Gasteiger partial charge in [-0.3, -0.25) is 0 Å².